The van der Waals surface area contributed by atoms with Crippen LogP contribution in [-0.2, 0) is 6.54 Å². The molecule has 28 heavy (non-hydrogen) atoms. The second-order valence-corrected chi connectivity index (χ2v) is 6.93. The average Bonchev–Trinajstić information content (AvgIpc) is 3.18. The van der Waals surface area contributed by atoms with Crippen molar-refractivity contribution in [3.63, 3.8) is 0 Å². The number of nitrogens with zero attached hydrogens (tertiary/aromatic N) is 4. The van der Waals surface area contributed by atoms with Gasteiger partial charge in [0.2, 0.25) is 0 Å². The summed E-state index contributed by atoms with van der Waals surface area (Å²) in [6, 6.07) is 25.8. The van der Waals surface area contributed by atoms with Gasteiger partial charge in [-0.3, -0.25) is 0 Å². The van der Waals surface area contributed by atoms with E-state index >= 15 is 0 Å². The molecule has 6 heteroatoms. The molecule has 3 aromatic carbocycles. The molecule has 0 fully saturated rings. The van der Waals surface area contributed by atoms with Crippen molar-refractivity contribution in [2.75, 3.05) is 5.32 Å². The third kappa shape index (κ3) is 2.96. The number of nitrogens with one attached hydrogen (secondary N) is 1. The maximum atomic E-state index is 5.99. The Kier molecular flexibility index (Phi) is 4.14. The summed E-state index contributed by atoms with van der Waals surface area (Å²) in [7, 11) is 0. The fourth-order valence-corrected chi connectivity index (χ4v) is 3.40. The van der Waals surface area contributed by atoms with E-state index in [-0.39, 0.29) is 0 Å². The van der Waals surface area contributed by atoms with Crippen LogP contribution in [0, 0.1) is 0 Å². The van der Waals surface area contributed by atoms with E-state index < -0.39 is 0 Å². The number of anilines is 1. The highest BCUT2D eigenvalue weighted by molar-refractivity contribution is 6.30. The van der Waals surface area contributed by atoms with Crippen molar-refractivity contribution in [1.82, 2.24) is 19.8 Å². The van der Waals surface area contributed by atoms with E-state index in [1.807, 2.05) is 78.9 Å². The van der Waals surface area contributed by atoms with Gasteiger partial charge in [0.05, 0.1) is 5.52 Å². The molecule has 0 spiro atoms. The Labute approximate surface area is 166 Å². The molecule has 5 aromatic rings. The Morgan fingerprint density at radius 1 is 0.857 bits per heavy atom. The van der Waals surface area contributed by atoms with E-state index in [0.29, 0.717) is 6.54 Å². The standard InChI is InChI=1S/C22H16ClN5/c23-17-12-10-15(11-13-17)14-24-21-18-8-4-5-9-19(18)28-22(25-21)20(26-27-28)16-6-2-1-3-7-16/h1-13H,14H2,(H,24,25). The van der Waals surface area contributed by atoms with Crippen LogP contribution in [0.1, 0.15) is 5.56 Å². The van der Waals surface area contributed by atoms with Crippen LogP contribution in [0.15, 0.2) is 78.9 Å². The summed E-state index contributed by atoms with van der Waals surface area (Å²) in [5.74, 6) is 0.803. The van der Waals surface area contributed by atoms with Crippen molar-refractivity contribution < 1.29 is 0 Å². The predicted octanol–water partition coefficient (Wildman–Crippen LogP) is 5.21. The minimum Gasteiger partial charge on any atom is -0.365 e. The fourth-order valence-electron chi connectivity index (χ4n) is 3.27. The molecular formula is C22H16ClN5. The lowest BCUT2D eigenvalue weighted by molar-refractivity contribution is 0.876. The summed E-state index contributed by atoms with van der Waals surface area (Å²) in [6.07, 6.45) is 0. The van der Waals surface area contributed by atoms with E-state index in [0.717, 1.165) is 44.2 Å². The van der Waals surface area contributed by atoms with Gasteiger partial charge < -0.3 is 5.32 Å². The minimum atomic E-state index is 0.645. The number of para-hydroxylation sites is 1. The highest BCUT2D eigenvalue weighted by Gasteiger charge is 2.15. The molecule has 0 radical (unpaired) electrons. The second-order valence-electron chi connectivity index (χ2n) is 6.50. The molecule has 0 unspecified atom stereocenters. The zero-order valence-electron chi connectivity index (χ0n) is 14.9. The smallest absolute Gasteiger partial charge is 0.186 e. The average molecular weight is 386 g/mol. The van der Waals surface area contributed by atoms with E-state index in [1.54, 1.807) is 4.52 Å². The van der Waals surface area contributed by atoms with E-state index in [9.17, 15) is 0 Å². The van der Waals surface area contributed by atoms with Crippen LogP contribution in [0.25, 0.3) is 27.8 Å². The monoisotopic (exact) mass is 385 g/mol. The van der Waals surface area contributed by atoms with Crippen LogP contribution in [0.5, 0.6) is 0 Å². The molecule has 0 bridgehead atoms. The number of benzene rings is 3. The van der Waals surface area contributed by atoms with Gasteiger partial charge in [0, 0.05) is 22.5 Å². The zero-order chi connectivity index (χ0) is 18.9. The van der Waals surface area contributed by atoms with Crippen LogP contribution in [-0.4, -0.2) is 19.8 Å². The van der Waals surface area contributed by atoms with Crippen LogP contribution in [0.4, 0.5) is 5.82 Å². The summed E-state index contributed by atoms with van der Waals surface area (Å²) in [5, 5.41) is 13.9. The number of hydrogen-bond acceptors (Lipinski definition) is 4. The third-order valence-electron chi connectivity index (χ3n) is 4.67. The number of fused-ring (bicyclic) bond motifs is 3. The Hall–Kier alpha value is -3.44. The topological polar surface area (TPSA) is 55.1 Å². The Morgan fingerprint density at radius 3 is 2.43 bits per heavy atom. The third-order valence-corrected chi connectivity index (χ3v) is 4.92. The molecule has 2 aromatic heterocycles. The van der Waals surface area contributed by atoms with Gasteiger partial charge in [-0.05, 0) is 29.8 Å². The van der Waals surface area contributed by atoms with Gasteiger partial charge in [0.1, 0.15) is 11.5 Å². The fraction of sp³-hybridized carbons (Fsp3) is 0.0455. The molecule has 0 saturated heterocycles. The molecule has 0 amide bonds. The van der Waals surface area contributed by atoms with Gasteiger partial charge in [0.25, 0.3) is 0 Å². The van der Waals surface area contributed by atoms with Crippen LogP contribution in [0.3, 0.4) is 0 Å². The first-order chi connectivity index (χ1) is 13.8. The molecule has 0 aliphatic rings. The molecule has 0 saturated carbocycles. The van der Waals surface area contributed by atoms with E-state index in [1.165, 1.54) is 0 Å². The molecular weight excluding hydrogens is 370 g/mol. The van der Waals surface area contributed by atoms with Gasteiger partial charge in [-0.25, -0.2) is 4.98 Å². The normalized spacial score (nSPS) is 11.2. The Balaban J connectivity index is 1.63. The number of hydrogen-bond donors (Lipinski definition) is 1. The van der Waals surface area contributed by atoms with Gasteiger partial charge in [-0.15, -0.1) is 5.10 Å². The second kappa shape index (κ2) is 6.94. The van der Waals surface area contributed by atoms with Crippen molar-refractivity contribution in [1.29, 1.82) is 0 Å². The van der Waals surface area contributed by atoms with E-state index in [4.69, 9.17) is 16.6 Å². The lowest BCUT2D eigenvalue weighted by Crippen LogP contribution is -2.05. The van der Waals surface area contributed by atoms with Crippen LogP contribution < -0.4 is 5.32 Å². The van der Waals surface area contributed by atoms with Crippen LogP contribution in [0.2, 0.25) is 5.02 Å². The number of rotatable bonds is 4. The Morgan fingerprint density at radius 2 is 1.61 bits per heavy atom. The first-order valence-corrected chi connectivity index (χ1v) is 9.35. The van der Waals surface area contributed by atoms with Crippen molar-refractivity contribution in [3.05, 3.63) is 89.4 Å². The summed E-state index contributed by atoms with van der Waals surface area (Å²) in [5.41, 5.74) is 4.57. The SMILES string of the molecule is Clc1ccc(CNc2nc3c(-c4ccccc4)nnn3c3ccccc23)cc1. The summed E-state index contributed by atoms with van der Waals surface area (Å²) in [6.45, 7) is 0.645. The molecule has 5 rings (SSSR count). The zero-order valence-corrected chi connectivity index (χ0v) is 15.6. The highest BCUT2D eigenvalue weighted by atomic mass is 35.5. The van der Waals surface area contributed by atoms with Crippen molar-refractivity contribution in [3.8, 4) is 11.3 Å². The summed E-state index contributed by atoms with van der Waals surface area (Å²) < 4.78 is 1.80. The van der Waals surface area contributed by atoms with Gasteiger partial charge in [-0.2, -0.15) is 4.52 Å². The van der Waals surface area contributed by atoms with Gasteiger partial charge in [0.15, 0.2) is 5.65 Å². The van der Waals surface area contributed by atoms with Gasteiger partial charge in [-0.1, -0.05) is 71.4 Å². The molecule has 1 N–H and O–H groups in total. The molecule has 136 valence electrons. The Bertz CT molecular complexity index is 1260. The van der Waals surface area contributed by atoms with Crippen molar-refractivity contribution in [2.45, 2.75) is 6.54 Å². The summed E-state index contributed by atoms with van der Waals surface area (Å²) >= 11 is 5.99. The largest absolute Gasteiger partial charge is 0.365 e. The first kappa shape index (κ1) is 16.7. The highest BCUT2D eigenvalue weighted by Crippen LogP contribution is 2.28. The molecule has 2 heterocycles. The maximum Gasteiger partial charge on any atom is 0.186 e. The maximum absolute atomic E-state index is 5.99. The lowest BCUT2D eigenvalue weighted by atomic mass is 10.1. The molecule has 0 aliphatic carbocycles. The lowest BCUT2D eigenvalue weighted by Gasteiger charge is -2.10. The van der Waals surface area contributed by atoms with Crippen molar-refractivity contribution >= 4 is 34.0 Å². The van der Waals surface area contributed by atoms with Crippen molar-refractivity contribution in [2.24, 2.45) is 0 Å². The predicted molar refractivity (Wildman–Crippen MR) is 113 cm³/mol. The first-order valence-electron chi connectivity index (χ1n) is 8.97. The summed E-state index contributed by atoms with van der Waals surface area (Å²) in [4.78, 5) is 4.87. The van der Waals surface area contributed by atoms with Crippen LogP contribution >= 0.6 is 11.6 Å². The van der Waals surface area contributed by atoms with Gasteiger partial charge >= 0.3 is 0 Å². The number of halogens is 1. The molecule has 5 nitrogen and oxygen atoms in total. The molecule has 0 atom stereocenters. The quantitative estimate of drug-likeness (QED) is 0.461. The van der Waals surface area contributed by atoms with E-state index in [2.05, 4.69) is 15.6 Å². The minimum absolute atomic E-state index is 0.645. The number of aromatic nitrogens is 4. The molecule has 0 aliphatic heterocycles.